The standard InChI is InChI=1S/C17H19N5O3S/c1-11-4-2-3-5-13(11)24-12-6-8-22(9-7-12)17-20-19-16(26-17)15-18-14(10-23)25-21-15/h2-5,12,23H,6-10H2,1H3. The lowest BCUT2D eigenvalue weighted by Gasteiger charge is -2.31. The lowest BCUT2D eigenvalue weighted by molar-refractivity contribution is 0.170. The minimum absolute atomic E-state index is 0.172. The third-order valence-corrected chi connectivity index (χ3v) is 5.29. The second kappa shape index (κ2) is 7.38. The molecule has 1 N–H and O–H groups in total. The summed E-state index contributed by atoms with van der Waals surface area (Å²) in [7, 11) is 0. The molecule has 9 heteroatoms. The van der Waals surface area contributed by atoms with Gasteiger partial charge >= 0.3 is 0 Å². The Hall–Kier alpha value is -2.52. The number of anilines is 1. The summed E-state index contributed by atoms with van der Waals surface area (Å²) in [4.78, 5) is 6.27. The fraction of sp³-hybridized carbons (Fsp3) is 0.412. The fourth-order valence-corrected chi connectivity index (χ4v) is 3.69. The fourth-order valence-electron chi connectivity index (χ4n) is 2.87. The van der Waals surface area contributed by atoms with Crippen LogP contribution in [0.1, 0.15) is 24.3 Å². The summed E-state index contributed by atoms with van der Waals surface area (Å²) in [5, 5.41) is 22.6. The normalized spacial score (nSPS) is 15.4. The molecule has 2 aromatic heterocycles. The number of aromatic nitrogens is 4. The number of hydrogen-bond donors (Lipinski definition) is 1. The highest BCUT2D eigenvalue weighted by molar-refractivity contribution is 7.18. The van der Waals surface area contributed by atoms with Gasteiger partial charge in [0.1, 0.15) is 18.5 Å². The molecule has 1 aliphatic heterocycles. The molecule has 0 aliphatic carbocycles. The first-order valence-corrected chi connectivity index (χ1v) is 9.29. The second-order valence-corrected chi connectivity index (χ2v) is 7.09. The van der Waals surface area contributed by atoms with E-state index in [1.54, 1.807) is 0 Å². The predicted octanol–water partition coefficient (Wildman–Crippen LogP) is 2.44. The van der Waals surface area contributed by atoms with Crippen molar-refractivity contribution in [2.75, 3.05) is 18.0 Å². The third kappa shape index (κ3) is 3.54. The van der Waals surface area contributed by atoms with Crippen molar-refractivity contribution in [3.05, 3.63) is 35.7 Å². The van der Waals surface area contributed by atoms with Gasteiger partial charge in [0, 0.05) is 25.9 Å². The van der Waals surface area contributed by atoms with Gasteiger partial charge in [0.25, 0.3) is 5.89 Å². The molecule has 1 saturated heterocycles. The molecule has 4 rings (SSSR count). The molecule has 0 unspecified atom stereocenters. The maximum atomic E-state index is 9.01. The number of aliphatic hydroxyl groups is 1. The molecule has 136 valence electrons. The van der Waals surface area contributed by atoms with Gasteiger partial charge in [-0.25, -0.2) is 0 Å². The zero-order valence-electron chi connectivity index (χ0n) is 14.3. The topological polar surface area (TPSA) is 97.4 Å². The molecule has 0 radical (unpaired) electrons. The van der Waals surface area contributed by atoms with Crippen molar-refractivity contribution in [3.8, 4) is 16.6 Å². The van der Waals surface area contributed by atoms with Crippen molar-refractivity contribution < 1.29 is 14.4 Å². The Morgan fingerprint density at radius 3 is 2.81 bits per heavy atom. The molecule has 26 heavy (non-hydrogen) atoms. The number of nitrogens with zero attached hydrogens (tertiary/aromatic N) is 5. The van der Waals surface area contributed by atoms with Crippen LogP contribution in [-0.4, -0.2) is 44.6 Å². The summed E-state index contributed by atoms with van der Waals surface area (Å²) >= 11 is 1.42. The van der Waals surface area contributed by atoms with Crippen molar-refractivity contribution >= 4 is 16.5 Å². The average Bonchev–Trinajstić information content (AvgIpc) is 3.33. The summed E-state index contributed by atoms with van der Waals surface area (Å²) in [5.74, 6) is 1.49. The molecule has 1 aromatic carbocycles. The van der Waals surface area contributed by atoms with Gasteiger partial charge in [0.15, 0.2) is 5.01 Å². The van der Waals surface area contributed by atoms with E-state index in [9.17, 15) is 0 Å². The SMILES string of the molecule is Cc1ccccc1OC1CCN(c2nnc(-c3noc(CO)n3)s2)CC1. The summed E-state index contributed by atoms with van der Waals surface area (Å²) in [5.41, 5.74) is 1.16. The van der Waals surface area contributed by atoms with Crippen LogP contribution in [0, 0.1) is 6.92 Å². The zero-order chi connectivity index (χ0) is 17.9. The average molecular weight is 373 g/mol. The number of aryl methyl sites for hydroxylation is 1. The zero-order valence-corrected chi connectivity index (χ0v) is 15.1. The second-order valence-electron chi connectivity index (χ2n) is 6.13. The quantitative estimate of drug-likeness (QED) is 0.728. The third-order valence-electron chi connectivity index (χ3n) is 4.31. The highest BCUT2D eigenvalue weighted by atomic mass is 32.1. The first kappa shape index (κ1) is 16.9. The lowest BCUT2D eigenvalue weighted by Crippen LogP contribution is -2.38. The van der Waals surface area contributed by atoms with E-state index in [2.05, 4.69) is 38.2 Å². The van der Waals surface area contributed by atoms with Crippen LogP contribution in [0.4, 0.5) is 5.13 Å². The number of piperidine rings is 1. The number of rotatable bonds is 5. The van der Waals surface area contributed by atoms with E-state index in [-0.39, 0.29) is 18.6 Å². The van der Waals surface area contributed by atoms with Gasteiger partial charge in [-0.15, -0.1) is 10.2 Å². The number of ether oxygens (including phenoxy) is 1. The van der Waals surface area contributed by atoms with E-state index in [0.29, 0.717) is 10.8 Å². The first-order valence-electron chi connectivity index (χ1n) is 8.47. The van der Waals surface area contributed by atoms with Gasteiger partial charge in [-0.1, -0.05) is 34.7 Å². The molecular formula is C17H19N5O3S. The molecule has 3 heterocycles. The Morgan fingerprint density at radius 2 is 2.08 bits per heavy atom. The van der Waals surface area contributed by atoms with E-state index in [1.165, 1.54) is 11.3 Å². The van der Waals surface area contributed by atoms with E-state index in [1.807, 2.05) is 18.2 Å². The van der Waals surface area contributed by atoms with Gasteiger partial charge in [0.2, 0.25) is 11.0 Å². The predicted molar refractivity (Wildman–Crippen MR) is 96.2 cm³/mol. The monoisotopic (exact) mass is 373 g/mol. The van der Waals surface area contributed by atoms with E-state index < -0.39 is 0 Å². The Kier molecular flexibility index (Phi) is 4.81. The van der Waals surface area contributed by atoms with Gasteiger partial charge < -0.3 is 19.3 Å². The van der Waals surface area contributed by atoms with E-state index in [4.69, 9.17) is 14.4 Å². The van der Waals surface area contributed by atoms with E-state index >= 15 is 0 Å². The van der Waals surface area contributed by atoms with Gasteiger partial charge in [0.05, 0.1) is 0 Å². The molecule has 0 saturated carbocycles. The van der Waals surface area contributed by atoms with Crippen LogP contribution in [0.3, 0.4) is 0 Å². The van der Waals surface area contributed by atoms with Crippen LogP contribution < -0.4 is 9.64 Å². The lowest BCUT2D eigenvalue weighted by atomic mass is 10.1. The van der Waals surface area contributed by atoms with Crippen molar-refractivity contribution in [2.45, 2.75) is 32.5 Å². The molecular weight excluding hydrogens is 354 g/mol. The van der Waals surface area contributed by atoms with Crippen molar-refractivity contribution in [2.24, 2.45) is 0 Å². The Labute approximate surface area is 154 Å². The molecule has 0 amide bonds. The van der Waals surface area contributed by atoms with Crippen LogP contribution in [-0.2, 0) is 6.61 Å². The molecule has 0 spiro atoms. The maximum Gasteiger partial charge on any atom is 0.252 e. The minimum atomic E-state index is -0.285. The van der Waals surface area contributed by atoms with E-state index in [0.717, 1.165) is 42.4 Å². The number of aliphatic hydroxyl groups excluding tert-OH is 1. The summed E-state index contributed by atoms with van der Waals surface area (Å²) in [6, 6.07) is 8.10. The van der Waals surface area contributed by atoms with Crippen LogP contribution in [0.15, 0.2) is 28.8 Å². The highest BCUT2D eigenvalue weighted by Crippen LogP contribution is 2.30. The highest BCUT2D eigenvalue weighted by Gasteiger charge is 2.24. The number of para-hydroxylation sites is 1. The minimum Gasteiger partial charge on any atom is -0.490 e. The van der Waals surface area contributed by atoms with Crippen LogP contribution >= 0.6 is 11.3 Å². The Morgan fingerprint density at radius 1 is 1.27 bits per heavy atom. The molecule has 8 nitrogen and oxygen atoms in total. The van der Waals surface area contributed by atoms with Crippen LogP contribution in [0.2, 0.25) is 0 Å². The van der Waals surface area contributed by atoms with Crippen molar-refractivity contribution in [1.82, 2.24) is 20.3 Å². The maximum absolute atomic E-state index is 9.01. The van der Waals surface area contributed by atoms with Crippen LogP contribution in [0.25, 0.3) is 10.8 Å². The van der Waals surface area contributed by atoms with Crippen LogP contribution in [0.5, 0.6) is 5.75 Å². The first-order chi connectivity index (χ1) is 12.7. The summed E-state index contributed by atoms with van der Waals surface area (Å²) < 4.78 is 11.0. The molecule has 3 aromatic rings. The smallest absolute Gasteiger partial charge is 0.252 e. The number of benzene rings is 1. The molecule has 0 atom stereocenters. The summed E-state index contributed by atoms with van der Waals surface area (Å²) in [6.45, 7) is 3.50. The Balaban J connectivity index is 1.37. The molecule has 1 aliphatic rings. The van der Waals surface area contributed by atoms with Crippen molar-refractivity contribution in [1.29, 1.82) is 0 Å². The van der Waals surface area contributed by atoms with Gasteiger partial charge in [-0.05, 0) is 18.6 Å². The molecule has 1 fully saturated rings. The van der Waals surface area contributed by atoms with Gasteiger partial charge in [-0.3, -0.25) is 0 Å². The largest absolute Gasteiger partial charge is 0.490 e. The van der Waals surface area contributed by atoms with Crippen molar-refractivity contribution in [3.63, 3.8) is 0 Å². The Bertz CT molecular complexity index is 873. The summed E-state index contributed by atoms with van der Waals surface area (Å²) in [6.07, 6.45) is 2.07. The molecule has 0 bridgehead atoms. The van der Waals surface area contributed by atoms with Gasteiger partial charge in [-0.2, -0.15) is 4.98 Å². The number of hydrogen-bond acceptors (Lipinski definition) is 9.